The van der Waals surface area contributed by atoms with Crippen LogP contribution in [0.1, 0.15) is 48.1 Å². The molecule has 0 unspecified atom stereocenters. The van der Waals surface area contributed by atoms with Crippen molar-refractivity contribution in [2.75, 3.05) is 0 Å². The van der Waals surface area contributed by atoms with Crippen molar-refractivity contribution in [3.05, 3.63) is 46.8 Å². The Morgan fingerprint density at radius 3 is 2.36 bits per heavy atom. The second-order valence-electron chi connectivity index (χ2n) is 6.32. The molecule has 0 atom stereocenters. The molecule has 1 N–H and O–H groups in total. The largest absolute Gasteiger partial charge is 0.489 e. The molecule has 2 rings (SSSR count). The van der Waals surface area contributed by atoms with E-state index in [2.05, 4.69) is 10.5 Å². The van der Waals surface area contributed by atoms with Gasteiger partial charge in [0.1, 0.15) is 18.1 Å². The van der Waals surface area contributed by atoms with Gasteiger partial charge in [0.2, 0.25) is 0 Å². The minimum absolute atomic E-state index is 0.0928. The summed E-state index contributed by atoms with van der Waals surface area (Å²) in [6, 6.07) is 7.08. The number of hydrogen-bond acceptors (Lipinski definition) is 4. The van der Waals surface area contributed by atoms with Gasteiger partial charge in [-0.3, -0.25) is 4.79 Å². The van der Waals surface area contributed by atoms with E-state index in [1.807, 2.05) is 34.6 Å². The molecule has 0 spiro atoms. The van der Waals surface area contributed by atoms with Crippen molar-refractivity contribution >= 4 is 5.91 Å². The van der Waals surface area contributed by atoms with E-state index in [0.29, 0.717) is 17.9 Å². The maximum atomic E-state index is 12.0. The summed E-state index contributed by atoms with van der Waals surface area (Å²) < 4.78 is 10.8. The predicted molar refractivity (Wildman–Crippen MR) is 84.0 cm³/mol. The summed E-state index contributed by atoms with van der Waals surface area (Å²) in [6.07, 6.45) is 0. The zero-order valence-corrected chi connectivity index (χ0v) is 13.7. The van der Waals surface area contributed by atoms with Crippen molar-refractivity contribution in [1.29, 1.82) is 0 Å². The smallest absolute Gasteiger partial charge is 0.251 e. The average molecular weight is 302 g/mol. The van der Waals surface area contributed by atoms with Crippen LogP contribution in [0.15, 0.2) is 28.8 Å². The third-order valence-electron chi connectivity index (χ3n) is 3.17. The molecule has 0 saturated heterocycles. The van der Waals surface area contributed by atoms with Crippen LogP contribution >= 0.6 is 0 Å². The normalized spacial score (nSPS) is 11.3. The van der Waals surface area contributed by atoms with Gasteiger partial charge in [-0.15, -0.1) is 0 Å². The van der Waals surface area contributed by atoms with E-state index in [-0.39, 0.29) is 11.4 Å². The minimum atomic E-state index is -0.254. The van der Waals surface area contributed by atoms with Gasteiger partial charge in [0.15, 0.2) is 0 Å². The fraction of sp³-hybridized carbons (Fsp3) is 0.412. The van der Waals surface area contributed by atoms with E-state index in [0.717, 1.165) is 17.0 Å². The lowest BCUT2D eigenvalue weighted by Gasteiger charge is -2.20. The Morgan fingerprint density at radius 1 is 1.23 bits per heavy atom. The first kappa shape index (κ1) is 16.1. The fourth-order valence-electron chi connectivity index (χ4n) is 1.98. The van der Waals surface area contributed by atoms with Crippen LogP contribution in [-0.2, 0) is 6.61 Å². The van der Waals surface area contributed by atoms with Crippen LogP contribution in [0.3, 0.4) is 0 Å². The van der Waals surface area contributed by atoms with Crippen molar-refractivity contribution in [3.8, 4) is 5.75 Å². The van der Waals surface area contributed by atoms with Crippen molar-refractivity contribution in [2.24, 2.45) is 0 Å². The lowest BCUT2D eigenvalue weighted by atomic mass is 10.1. The highest BCUT2D eigenvalue weighted by molar-refractivity contribution is 5.94. The molecule has 5 nitrogen and oxygen atoms in total. The minimum Gasteiger partial charge on any atom is -0.489 e. The standard InChI is InChI=1S/C17H22N2O3/c1-11-15(12(2)22-19-11)10-21-14-8-6-13(7-9-14)16(20)18-17(3,4)5/h6-9H,10H2,1-5H3,(H,18,20). The highest BCUT2D eigenvalue weighted by Crippen LogP contribution is 2.18. The molecule has 118 valence electrons. The molecule has 1 aromatic heterocycles. The van der Waals surface area contributed by atoms with Gasteiger partial charge < -0.3 is 14.6 Å². The quantitative estimate of drug-likeness (QED) is 0.940. The molecule has 0 saturated carbocycles. The molecular formula is C17H22N2O3. The third-order valence-corrected chi connectivity index (χ3v) is 3.17. The van der Waals surface area contributed by atoms with Crippen molar-refractivity contribution in [2.45, 2.75) is 46.8 Å². The SMILES string of the molecule is Cc1noc(C)c1COc1ccc(C(=O)NC(C)(C)C)cc1. The topological polar surface area (TPSA) is 64.4 Å². The van der Waals surface area contributed by atoms with Crippen LogP contribution in [0, 0.1) is 13.8 Å². The van der Waals surface area contributed by atoms with E-state index >= 15 is 0 Å². The number of aryl methyl sites for hydroxylation is 2. The molecule has 2 aromatic rings. The fourth-order valence-corrected chi connectivity index (χ4v) is 1.98. The molecule has 1 heterocycles. The summed E-state index contributed by atoms with van der Waals surface area (Å²) >= 11 is 0. The first-order valence-electron chi connectivity index (χ1n) is 7.23. The second kappa shape index (κ2) is 6.22. The summed E-state index contributed by atoms with van der Waals surface area (Å²) in [5.41, 5.74) is 2.14. The average Bonchev–Trinajstić information content (AvgIpc) is 2.74. The molecule has 1 aromatic carbocycles. The van der Waals surface area contributed by atoms with Gasteiger partial charge >= 0.3 is 0 Å². The highest BCUT2D eigenvalue weighted by Gasteiger charge is 2.15. The molecule has 5 heteroatoms. The number of carbonyl (C=O) groups is 1. The number of nitrogens with one attached hydrogen (secondary N) is 1. The third kappa shape index (κ3) is 4.10. The second-order valence-corrected chi connectivity index (χ2v) is 6.32. The molecule has 0 radical (unpaired) electrons. The van der Waals surface area contributed by atoms with Gasteiger partial charge in [-0.1, -0.05) is 5.16 Å². The number of amides is 1. The van der Waals surface area contributed by atoms with Gasteiger partial charge in [-0.05, 0) is 58.9 Å². The number of rotatable bonds is 4. The van der Waals surface area contributed by atoms with E-state index in [1.165, 1.54) is 0 Å². The Balaban J connectivity index is 1.99. The van der Waals surface area contributed by atoms with Gasteiger partial charge in [-0.25, -0.2) is 0 Å². The van der Waals surface area contributed by atoms with E-state index < -0.39 is 0 Å². The molecular weight excluding hydrogens is 280 g/mol. The van der Waals surface area contributed by atoms with Crippen LogP contribution in [0.5, 0.6) is 5.75 Å². The van der Waals surface area contributed by atoms with E-state index in [4.69, 9.17) is 9.26 Å². The molecule has 0 fully saturated rings. The van der Waals surface area contributed by atoms with Crippen molar-refractivity contribution in [1.82, 2.24) is 10.5 Å². The lowest BCUT2D eigenvalue weighted by molar-refractivity contribution is 0.0919. The van der Waals surface area contributed by atoms with E-state index in [1.54, 1.807) is 24.3 Å². The Kier molecular flexibility index (Phi) is 4.54. The van der Waals surface area contributed by atoms with E-state index in [9.17, 15) is 4.79 Å². The predicted octanol–water partition coefficient (Wildman–Crippen LogP) is 3.40. The molecule has 0 aliphatic heterocycles. The molecule has 0 aliphatic rings. The zero-order chi connectivity index (χ0) is 16.3. The Hall–Kier alpha value is -2.30. The number of aromatic nitrogens is 1. The number of carbonyl (C=O) groups excluding carboxylic acids is 1. The molecule has 1 amide bonds. The maximum Gasteiger partial charge on any atom is 0.251 e. The van der Waals surface area contributed by atoms with Gasteiger partial charge in [-0.2, -0.15) is 0 Å². The van der Waals surface area contributed by atoms with Crippen LogP contribution in [0.25, 0.3) is 0 Å². The Morgan fingerprint density at radius 2 is 1.86 bits per heavy atom. The number of ether oxygens (including phenoxy) is 1. The van der Waals surface area contributed by atoms with Crippen molar-refractivity contribution < 1.29 is 14.1 Å². The summed E-state index contributed by atoms with van der Waals surface area (Å²) in [5.74, 6) is 1.37. The lowest BCUT2D eigenvalue weighted by Crippen LogP contribution is -2.40. The van der Waals surface area contributed by atoms with Gasteiger partial charge in [0.25, 0.3) is 5.91 Å². The number of nitrogens with zero attached hydrogens (tertiary/aromatic N) is 1. The first-order valence-corrected chi connectivity index (χ1v) is 7.23. The first-order chi connectivity index (χ1) is 10.3. The zero-order valence-electron chi connectivity index (χ0n) is 13.7. The van der Waals surface area contributed by atoms with Crippen LogP contribution in [0.4, 0.5) is 0 Å². The van der Waals surface area contributed by atoms with Gasteiger partial charge in [0.05, 0.1) is 11.3 Å². The molecule has 0 bridgehead atoms. The molecule has 0 aliphatic carbocycles. The summed E-state index contributed by atoms with van der Waals surface area (Å²) in [5, 5.41) is 6.82. The number of benzene rings is 1. The monoisotopic (exact) mass is 302 g/mol. The van der Waals surface area contributed by atoms with Crippen molar-refractivity contribution in [3.63, 3.8) is 0 Å². The number of hydrogen-bond donors (Lipinski definition) is 1. The summed E-state index contributed by atoms with van der Waals surface area (Å²) in [4.78, 5) is 12.0. The summed E-state index contributed by atoms with van der Waals surface area (Å²) in [6.45, 7) is 9.99. The van der Waals surface area contributed by atoms with Crippen LogP contribution < -0.4 is 10.1 Å². The van der Waals surface area contributed by atoms with Gasteiger partial charge in [0, 0.05) is 11.1 Å². The Bertz CT molecular complexity index is 632. The summed E-state index contributed by atoms with van der Waals surface area (Å²) in [7, 11) is 0. The Labute approximate surface area is 130 Å². The maximum absolute atomic E-state index is 12.0. The van der Waals surface area contributed by atoms with Crippen LogP contribution in [0.2, 0.25) is 0 Å². The molecule has 22 heavy (non-hydrogen) atoms. The highest BCUT2D eigenvalue weighted by atomic mass is 16.5. The van der Waals surface area contributed by atoms with Crippen LogP contribution in [-0.4, -0.2) is 16.6 Å².